The Hall–Kier alpha value is -4.40. The summed E-state index contributed by atoms with van der Waals surface area (Å²) < 4.78 is 12.0. The monoisotopic (exact) mass is 837 g/mol. The van der Waals surface area contributed by atoms with Gasteiger partial charge in [0.1, 0.15) is 12.1 Å². The number of carbonyl (C=O) groups is 5. The van der Waals surface area contributed by atoms with Gasteiger partial charge >= 0.3 is 5.97 Å². The van der Waals surface area contributed by atoms with Gasteiger partial charge in [-0.15, -0.1) is 0 Å². The third-order valence-electron chi connectivity index (χ3n) is 12.4. The van der Waals surface area contributed by atoms with Crippen LogP contribution in [0.4, 0.5) is 0 Å². The number of likely N-dealkylation sites (N-methyl/N-ethyl adjacent to an activating group) is 2. The Bertz CT molecular complexity index is 1680. The summed E-state index contributed by atoms with van der Waals surface area (Å²) in [6, 6.07) is 9.56. The Morgan fingerprint density at radius 3 is 2.02 bits per heavy atom. The second-order valence-electron chi connectivity index (χ2n) is 17.3. The summed E-state index contributed by atoms with van der Waals surface area (Å²) in [5.74, 6) is -3.92. The van der Waals surface area contributed by atoms with E-state index in [0.717, 1.165) is 11.1 Å². The highest BCUT2D eigenvalue weighted by Crippen LogP contribution is 2.30. The average Bonchev–Trinajstić information content (AvgIpc) is 3.71. The number of carboxylic acids is 1. The second-order valence-corrected chi connectivity index (χ2v) is 17.3. The Kier molecular flexibility index (Phi) is 19.6. The molecule has 1 saturated heterocycles. The molecule has 0 saturated carbocycles. The first-order valence-corrected chi connectivity index (χ1v) is 21.5. The number of pyridine rings is 1. The topological polar surface area (TPSA) is 171 Å². The van der Waals surface area contributed by atoms with Gasteiger partial charge in [0.25, 0.3) is 0 Å². The molecule has 3 N–H and O–H groups in total. The highest BCUT2D eigenvalue weighted by atomic mass is 16.5. The lowest BCUT2D eigenvalue weighted by molar-refractivity contribution is -0.148. The van der Waals surface area contributed by atoms with Crippen LogP contribution in [0.25, 0.3) is 0 Å². The molecule has 1 aliphatic heterocycles. The van der Waals surface area contributed by atoms with E-state index in [1.165, 1.54) is 7.11 Å². The minimum Gasteiger partial charge on any atom is -0.480 e. The molecule has 1 fully saturated rings. The number of nitrogens with zero attached hydrogens (tertiary/aromatic N) is 4. The lowest BCUT2D eigenvalue weighted by Gasteiger charge is -2.41. The molecule has 334 valence electrons. The van der Waals surface area contributed by atoms with E-state index in [-0.39, 0.29) is 41.9 Å². The van der Waals surface area contributed by atoms with Crippen molar-refractivity contribution in [2.75, 3.05) is 34.9 Å². The Morgan fingerprint density at radius 1 is 0.867 bits per heavy atom. The molecule has 3 rings (SSSR count). The quantitative estimate of drug-likeness (QED) is 0.139. The van der Waals surface area contributed by atoms with Crippen molar-refractivity contribution in [1.82, 2.24) is 30.3 Å². The molecule has 1 aromatic carbocycles. The molecule has 0 spiro atoms. The van der Waals surface area contributed by atoms with E-state index in [2.05, 4.69) is 15.6 Å². The zero-order chi connectivity index (χ0) is 44.8. The number of hydrogen-bond donors (Lipinski definition) is 3. The fraction of sp³-hybridized carbons (Fsp3) is 0.652. The van der Waals surface area contributed by atoms with E-state index < -0.39 is 66.1 Å². The summed E-state index contributed by atoms with van der Waals surface area (Å²) in [5.41, 5.74) is 1.81. The molecule has 0 bridgehead atoms. The minimum absolute atomic E-state index is 0.0275. The zero-order valence-corrected chi connectivity index (χ0v) is 38.0. The van der Waals surface area contributed by atoms with Crippen molar-refractivity contribution < 1.29 is 38.6 Å². The van der Waals surface area contributed by atoms with Gasteiger partial charge in [0.15, 0.2) is 0 Å². The molecule has 2 heterocycles. The summed E-state index contributed by atoms with van der Waals surface area (Å²) in [6.07, 6.45) is 4.03. The Morgan fingerprint density at radius 2 is 1.48 bits per heavy atom. The summed E-state index contributed by atoms with van der Waals surface area (Å²) >= 11 is 0. The molecule has 60 heavy (non-hydrogen) atoms. The van der Waals surface area contributed by atoms with Crippen LogP contribution in [0.5, 0.6) is 0 Å². The number of carbonyl (C=O) groups excluding carboxylic acids is 4. The number of carboxylic acid groups (broad SMARTS) is 1. The van der Waals surface area contributed by atoms with Gasteiger partial charge in [0.05, 0.1) is 42.7 Å². The smallest absolute Gasteiger partial charge is 0.326 e. The molecule has 10 atom stereocenters. The average molecular weight is 837 g/mol. The highest BCUT2D eigenvalue weighted by Gasteiger charge is 2.44. The lowest BCUT2D eigenvalue weighted by atomic mass is 9.89. The zero-order valence-electron chi connectivity index (χ0n) is 38.0. The SMILES string of the molecule is CC[C@H](C)[C@@H]([C@@H](CC(=O)N1CCC[C@H]1[C@H](OC)[C@@H](C)C(=O)NC(C(=O)O)C(C)c1ccccc1)OC)N(C)C(=O)[C@@H](NC(=O)[C@H](C(C)C)N(C)Cc1ccncc1)C(C)C. The maximum Gasteiger partial charge on any atom is 0.326 e. The number of likely N-dealkylation sites (tertiary alicyclic amines) is 1. The van der Waals surface area contributed by atoms with Gasteiger partial charge in [-0.3, -0.25) is 29.1 Å². The lowest BCUT2D eigenvalue weighted by Crippen LogP contribution is -2.60. The number of nitrogens with one attached hydrogen (secondary N) is 2. The molecule has 0 radical (unpaired) electrons. The third kappa shape index (κ3) is 12.8. The number of methoxy groups -OCH3 is 2. The molecular formula is C46H72N6O8. The second kappa shape index (κ2) is 23.6. The van der Waals surface area contributed by atoms with Gasteiger partial charge in [-0.05, 0) is 60.9 Å². The number of aromatic nitrogens is 1. The van der Waals surface area contributed by atoms with E-state index >= 15 is 0 Å². The van der Waals surface area contributed by atoms with Gasteiger partial charge in [-0.1, -0.05) is 92.1 Å². The van der Waals surface area contributed by atoms with Crippen LogP contribution in [-0.2, 0) is 40.0 Å². The van der Waals surface area contributed by atoms with Crippen LogP contribution >= 0.6 is 0 Å². The molecule has 14 nitrogen and oxygen atoms in total. The van der Waals surface area contributed by atoms with Gasteiger partial charge in [0, 0.05) is 52.7 Å². The van der Waals surface area contributed by atoms with E-state index in [9.17, 15) is 29.1 Å². The van der Waals surface area contributed by atoms with Gasteiger partial charge in [0.2, 0.25) is 23.6 Å². The third-order valence-corrected chi connectivity index (χ3v) is 12.4. The van der Waals surface area contributed by atoms with Crippen LogP contribution in [0.1, 0.15) is 98.1 Å². The summed E-state index contributed by atoms with van der Waals surface area (Å²) in [5, 5.41) is 15.9. The molecule has 2 unspecified atom stereocenters. The fourth-order valence-electron chi connectivity index (χ4n) is 8.80. The van der Waals surface area contributed by atoms with Crippen LogP contribution in [0.3, 0.4) is 0 Å². The molecule has 14 heteroatoms. The van der Waals surface area contributed by atoms with Crippen LogP contribution < -0.4 is 10.6 Å². The summed E-state index contributed by atoms with van der Waals surface area (Å²) in [4.78, 5) is 78.3. The summed E-state index contributed by atoms with van der Waals surface area (Å²) in [6.45, 7) is 16.3. The largest absolute Gasteiger partial charge is 0.480 e. The Labute approximate surface area is 358 Å². The highest BCUT2D eigenvalue weighted by molar-refractivity contribution is 5.90. The predicted molar refractivity (Wildman–Crippen MR) is 232 cm³/mol. The number of amides is 4. The predicted octanol–water partition coefficient (Wildman–Crippen LogP) is 4.97. The van der Waals surface area contributed by atoms with Crippen molar-refractivity contribution in [1.29, 1.82) is 0 Å². The van der Waals surface area contributed by atoms with E-state index in [1.54, 1.807) is 50.2 Å². The van der Waals surface area contributed by atoms with Gasteiger partial charge in [-0.25, -0.2) is 4.79 Å². The standard InChI is InChI=1S/C46H72N6O8/c1-13-30(6)41(51(10)45(56)38(28(2)3)48-44(55)40(29(4)5)50(9)27-33-21-23-47-24-22-33)36(59-11)26-37(53)52-25-17-20-35(52)42(60-12)32(8)43(54)49-39(46(57)58)31(7)34-18-15-14-16-19-34/h14-16,18-19,21-24,28-32,35-36,38-42H,13,17,20,25-27H2,1-12H3,(H,48,55)(H,49,54)(H,57,58)/t30-,31?,32+,35-,36+,38-,39?,40-,41-,42+/m0/s1. The number of benzene rings is 1. The Balaban J connectivity index is 1.79. The van der Waals surface area contributed by atoms with E-state index in [4.69, 9.17) is 9.47 Å². The van der Waals surface area contributed by atoms with Crippen molar-refractivity contribution in [2.24, 2.45) is 23.7 Å². The molecular weight excluding hydrogens is 765 g/mol. The number of ether oxygens (including phenoxy) is 2. The van der Waals surface area contributed by atoms with Gasteiger partial charge < -0.3 is 35.0 Å². The van der Waals surface area contributed by atoms with Crippen molar-refractivity contribution in [3.63, 3.8) is 0 Å². The molecule has 1 aliphatic rings. The molecule has 0 aliphatic carbocycles. The summed E-state index contributed by atoms with van der Waals surface area (Å²) in [7, 11) is 6.66. The van der Waals surface area contributed by atoms with E-state index in [1.807, 2.05) is 96.0 Å². The number of rotatable bonds is 23. The first-order valence-electron chi connectivity index (χ1n) is 21.5. The molecule has 1 aromatic heterocycles. The maximum atomic E-state index is 14.5. The minimum atomic E-state index is -1.17. The number of aliphatic carboxylic acids is 1. The first kappa shape index (κ1) is 50.0. The van der Waals surface area contributed by atoms with Crippen molar-refractivity contribution >= 4 is 29.6 Å². The van der Waals surface area contributed by atoms with E-state index in [0.29, 0.717) is 32.4 Å². The van der Waals surface area contributed by atoms with Crippen LogP contribution in [-0.4, -0.2) is 132 Å². The van der Waals surface area contributed by atoms with Crippen molar-refractivity contribution in [2.45, 2.75) is 136 Å². The molecule has 2 aromatic rings. The van der Waals surface area contributed by atoms with Crippen molar-refractivity contribution in [3.05, 3.63) is 66.0 Å². The first-order chi connectivity index (χ1) is 28.4. The van der Waals surface area contributed by atoms with Crippen molar-refractivity contribution in [3.8, 4) is 0 Å². The maximum absolute atomic E-state index is 14.5. The van der Waals surface area contributed by atoms with Gasteiger partial charge in [-0.2, -0.15) is 0 Å². The van der Waals surface area contributed by atoms with Crippen LogP contribution in [0, 0.1) is 23.7 Å². The van der Waals surface area contributed by atoms with Crippen LogP contribution in [0.2, 0.25) is 0 Å². The molecule has 4 amide bonds. The number of hydrogen-bond acceptors (Lipinski definition) is 9. The van der Waals surface area contributed by atoms with Crippen LogP contribution in [0.15, 0.2) is 54.9 Å². The normalized spacial score (nSPS) is 18.9. The fourth-order valence-corrected chi connectivity index (χ4v) is 8.80.